The summed E-state index contributed by atoms with van der Waals surface area (Å²) in [4.78, 5) is 21.6. The maximum atomic E-state index is 12.8. The van der Waals surface area contributed by atoms with Crippen LogP contribution in [0.1, 0.15) is 16.1 Å². The van der Waals surface area contributed by atoms with Crippen LogP contribution in [-0.4, -0.2) is 35.4 Å². The number of carbonyl (C=O) groups excluding carboxylic acids is 1. The van der Waals surface area contributed by atoms with Crippen LogP contribution in [0.25, 0.3) is 22.5 Å². The Morgan fingerprint density at radius 1 is 1.00 bits per heavy atom. The molecular formula is C22H16BrN7O. The van der Waals surface area contributed by atoms with Crippen molar-refractivity contribution in [1.29, 1.82) is 0 Å². The number of fused-ring (bicyclic) bond motifs is 1. The molecule has 0 aliphatic carbocycles. The Balaban J connectivity index is 1.56. The molecule has 31 heavy (non-hydrogen) atoms. The van der Waals surface area contributed by atoms with Crippen molar-refractivity contribution in [3.05, 3.63) is 88.9 Å². The lowest BCUT2D eigenvalue weighted by atomic mass is 10.2. The van der Waals surface area contributed by atoms with Crippen molar-refractivity contribution < 1.29 is 4.79 Å². The van der Waals surface area contributed by atoms with Crippen LogP contribution in [0.4, 0.5) is 5.82 Å². The highest BCUT2D eigenvalue weighted by atomic mass is 79.9. The maximum absolute atomic E-state index is 12.8. The maximum Gasteiger partial charge on any atom is 0.256 e. The second-order valence-electron chi connectivity index (χ2n) is 6.87. The van der Waals surface area contributed by atoms with E-state index in [2.05, 4.69) is 41.4 Å². The molecule has 0 saturated heterocycles. The Kier molecular flexibility index (Phi) is 4.79. The van der Waals surface area contributed by atoms with Crippen molar-refractivity contribution >= 4 is 38.7 Å². The Hall–Kier alpha value is -3.85. The van der Waals surface area contributed by atoms with Gasteiger partial charge in [-0.05, 0) is 43.3 Å². The fourth-order valence-electron chi connectivity index (χ4n) is 3.30. The summed E-state index contributed by atoms with van der Waals surface area (Å²) in [5.74, 6) is 0.809. The lowest BCUT2D eigenvalue weighted by Gasteiger charge is -2.09. The van der Waals surface area contributed by atoms with Gasteiger partial charge in [0.1, 0.15) is 12.1 Å². The van der Waals surface area contributed by atoms with E-state index in [9.17, 15) is 4.79 Å². The van der Waals surface area contributed by atoms with E-state index < -0.39 is 0 Å². The molecule has 5 aromatic rings. The molecule has 3 aromatic heterocycles. The summed E-state index contributed by atoms with van der Waals surface area (Å²) in [7, 11) is 0. The molecule has 0 unspecified atom stereocenters. The van der Waals surface area contributed by atoms with Crippen LogP contribution in [0.2, 0.25) is 0 Å². The highest BCUT2D eigenvalue weighted by molar-refractivity contribution is 9.10. The number of aromatic nitrogens is 6. The van der Waals surface area contributed by atoms with Crippen LogP contribution in [0, 0.1) is 6.92 Å². The summed E-state index contributed by atoms with van der Waals surface area (Å²) >= 11 is 3.38. The van der Waals surface area contributed by atoms with Gasteiger partial charge in [0, 0.05) is 16.1 Å². The first-order valence-corrected chi connectivity index (χ1v) is 10.3. The third kappa shape index (κ3) is 3.59. The van der Waals surface area contributed by atoms with Crippen molar-refractivity contribution in [2.24, 2.45) is 0 Å². The van der Waals surface area contributed by atoms with Crippen LogP contribution >= 0.6 is 15.9 Å². The van der Waals surface area contributed by atoms with Crippen LogP contribution in [-0.2, 0) is 0 Å². The summed E-state index contributed by atoms with van der Waals surface area (Å²) in [6.07, 6.45) is 3.17. The summed E-state index contributed by atoms with van der Waals surface area (Å²) in [6, 6.07) is 18.7. The highest BCUT2D eigenvalue weighted by Crippen LogP contribution is 2.24. The van der Waals surface area contributed by atoms with E-state index in [1.807, 2.05) is 49.4 Å². The Morgan fingerprint density at radius 2 is 1.77 bits per heavy atom. The molecule has 1 amide bonds. The molecule has 0 aliphatic rings. The smallest absolute Gasteiger partial charge is 0.256 e. The molecule has 0 bridgehead atoms. The standard InChI is InChI=1S/C22H16BrN7O/c1-14-11-19(27-22(31)15-7-9-16(23)10-8-15)30(28-14)21-18-12-26-29(20(18)24-13-25-21)17-5-3-2-4-6-17/h2-13H,1H3,(H,27,31). The van der Waals surface area contributed by atoms with Crippen molar-refractivity contribution in [2.45, 2.75) is 6.92 Å². The number of halogens is 1. The Bertz CT molecular complexity index is 1390. The van der Waals surface area contributed by atoms with E-state index in [1.165, 1.54) is 6.33 Å². The van der Waals surface area contributed by atoms with Gasteiger partial charge in [-0.25, -0.2) is 14.6 Å². The number of anilines is 1. The molecule has 2 aromatic carbocycles. The van der Waals surface area contributed by atoms with Gasteiger partial charge in [0.05, 0.1) is 23.0 Å². The molecule has 1 N–H and O–H groups in total. The molecule has 152 valence electrons. The molecule has 0 aliphatic heterocycles. The molecule has 9 heteroatoms. The molecule has 0 atom stereocenters. The molecule has 0 radical (unpaired) electrons. The average molecular weight is 474 g/mol. The quantitative estimate of drug-likeness (QED) is 0.419. The zero-order valence-corrected chi connectivity index (χ0v) is 18.0. The molecule has 0 fully saturated rings. The van der Waals surface area contributed by atoms with Gasteiger partial charge in [-0.2, -0.15) is 14.9 Å². The molecule has 3 heterocycles. The van der Waals surface area contributed by atoms with Crippen molar-refractivity contribution in [3.63, 3.8) is 0 Å². The number of aryl methyl sites for hydroxylation is 1. The predicted octanol–water partition coefficient (Wildman–Crippen LogP) is 4.32. The number of nitrogens with one attached hydrogen (secondary N) is 1. The van der Waals surface area contributed by atoms with Gasteiger partial charge in [0.25, 0.3) is 5.91 Å². The van der Waals surface area contributed by atoms with Gasteiger partial charge in [0.2, 0.25) is 0 Å². The molecular weight excluding hydrogens is 458 g/mol. The number of hydrogen-bond donors (Lipinski definition) is 1. The second-order valence-corrected chi connectivity index (χ2v) is 7.79. The minimum atomic E-state index is -0.237. The third-order valence-electron chi connectivity index (χ3n) is 4.73. The topological polar surface area (TPSA) is 90.5 Å². The van der Waals surface area contributed by atoms with E-state index in [1.54, 1.807) is 33.8 Å². The number of carbonyl (C=O) groups is 1. The van der Waals surface area contributed by atoms with Gasteiger partial charge < -0.3 is 5.32 Å². The number of nitrogens with zero attached hydrogens (tertiary/aromatic N) is 6. The Morgan fingerprint density at radius 3 is 2.55 bits per heavy atom. The van der Waals surface area contributed by atoms with Crippen molar-refractivity contribution in [3.8, 4) is 11.5 Å². The first kappa shape index (κ1) is 19.1. The monoisotopic (exact) mass is 473 g/mol. The van der Waals surface area contributed by atoms with Crippen molar-refractivity contribution in [2.75, 3.05) is 5.32 Å². The van der Waals surface area contributed by atoms with Gasteiger partial charge in [-0.1, -0.05) is 34.1 Å². The van der Waals surface area contributed by atoms with E-state index >= 15 is 0 Å². The summed E-state index contributed by atoms with van der Waals surface area (Å²) in [6.45, 7) is 1.86. The minimum absolute atomic E-state index is 0.237. The minimum Gasteiger partial charge on any atom is -0.306 e. The van der Waals surface area contributed by atoms with Crippen LogP contribution < -0.4 is 5.32 Å². The number of rotatable bonds is 4. The molecule has 5 rings (SSSR count). The zero-order valence-electron chi connectivity index (χ0n) is 16.4. The molecule has 0 spiro atoms. The highest BCUT2D eigenvalue weighted by Gasteiger charge is 2.18. The number of para-hydroxylation sites is 1. The van der Waals surface area contributed by atoms with Crippen LogP contribution in [0.3, 0.4) is 0 Å². The largest absolute Gasteiger partial charge is 0.306 e. The molecule has 0 saturated carbocycles. The van der Waals surface area contributed by atoms with E-state index in [0.29, 0.717) is 28.2 Å². The first-order valence-electron chi connectivity index (χ1n) is 9.48. The predicted molar refractivity (Wildman–Crippen MR) is 121 cm³/mol. The van der Waals surface area contributed by atoms with Gasteiger partial charge >= 0.3 is 0 Å². The number of amides is 1. The van der Waals surface area contributed by atoms with Crippen molar-refractivity contribution in [1.82, 2.24) is 29.5 Å². The summed E-state index contributed by atoms with van der Waals surface area (Å²) in [5.41, 5.74) is 2.82. The van der Waals surface area contributed by atoms with E-state index in [0.717, 1.165) is 15.9 Å². The van der Waals surface area contributed by atoms with Crippen LogP contribution in [0.15, 0.2) is 77.7 Å². The van der Waals surface area contributed by atoms with Gasteiger partial charge in [-0.15, -0.1) is 0 Å². The first-order chi connectivity index (χ1) is 15.1. The normalized spacial score (nSPS) is 11.0. The van der Waals surface area contributed by atoms with E-state index in [-0.39, 0.29) is 5.91 Å². The summed E-state index contributed by atoms with van der Waals surface area (Å²) < 4.78 is 4.26. The Labute approximate surface area is 185 Å². The zero-order chi connectivity index (χ0) is 21.4. The number of hydrogen-bond acceptors (Lipinski definition) is 5. The number of benzene rings is 2. The molecule has 8 nitrogen and oxygen atoms in total. The fraction of sp³-hybridized carbons (Fsp3) is 0.0455. The van der Waals surface area contributed by atoms with Crippen LogP contribution in [0.5, 0.6) is 0 Å². The van der Waals surface area contributed by atoms with E-state index in [4.69, 9.17) is 0 Å². The fourth-order valence-corrected chi connectivity index (χ4v) is 3.56. The van der Waals surface area contributed by atoms with Gasteiger partial charge in [-0.3, -0.25) is 4.79 Å². The summed E-state index contributed by atoms with van der Waals surface area (Å²) in [5, 5.41) is 12.7. The average Bonchev–Trinajstić information content (AvgIpc) is 3.38. The second kappa shape index (κ2) is 7.77. The third-order valence-corrected chi connectivity index (χ3v) is 5.25. The lowest BCUT2D eigenvalue weighted by Crippen LogP contribution is -2.15. The SMILES string of the molecule is Cc1cc(NC(=O)c2ccc(Br)cc2)n(-c2ncnc3c2cnn3-c2ccccc2)n1. The van der Waals surface area contributed by atoms with Gasteiger partial charge in [0.15, 0.2) is 11.5 Å². The lowest BCUT2D eigenvalue weighted by molar-refractivity contribution is 0.102.